The van der Waals surface area contributed by atoms with Crippen molar-refractivity contribution in [1.29, 1.82) is 0 Å². The van der Waals surface area contributed by atoms with Gasteiger partial charge in [0.15, 0.2) is 0 Å². The first-order chi connectivity index (χ1) is 12.2. The molecule has 1 heterocycles. The SMILES string of the molecule is CC(C)CNc1nccc(N(Cc2ccccc2)c2ccccc2)n1. The lowest BCUT2D eigenvalue weighted by Crippen LogP contribution is -2.19. The minimum Gasteiger partial charge on any atom is -0.354 e. The second kappa shape index (κ2) is 8.29. The highest BCUT2D eigenvalue weighted by Gasteiger charge is 2.12. The fraction of sp³-hybridized carbons (Fsp3) is 0.238. The first kappa shape index (κ1) is 17.0. The molecule has 0 atom stereocenters. The van der Waals surface area contributed by atoms with Gasteiger partial charge >= 0.3 is 0 Å². The molecule has 2 aromatic carbocycles. The van der Waals surface area contributed by atoms with Crippen molar-refractivity contribution < 1.29 is 0 Å². The maximum Gasteiger partial charge on any atom is 0.224 e. The summed E-state index contributed by atoms with van der Waals surface area (Å²) in [6.07, 6.45) is 1.81. The van der Waals surface area contributed by atoms with Gasteiger partial charge in [0, 0.05) is 25.0 Å². The normalized spacial score (nSPS) is 10.7. The second-order valence-corrected chi connectivity index (χ2v) is 6.42. The molecule has 1 N–H and O–H groups in total. The molecule has 128 valence electrons. The van der Waals surface area contributed by atoms with E-state index >= 15 is 0 Å². The molecule has 0 aliphatic carbocycles. The molecule has 0 unspecified atom stereocenters. The van der Waals surface area contributed by atoms with Crippen molar-refractivity contribution in [3.63, 3.8) is 0 Å². The van der Waals surface area contributed by atoms with Gasteiger partial charge in [-0.2, -0.15) is 4.98 Å². The van der Waals surface area contributed by atoms with Crippen LogP contribution in [0.15, 0.2) is 72.9 Å². The monoisotopic (exact) mass is 332 g/mol. The molecule has 3 rings (SSSR count). The molecule has 0 aliphatic heterocycles. The van der Waals surface area contributed by atoms with E-state index in [4.69, 9.17) is 4.98 Å². The van der Waals surface area contributed by atoms with E-state index in [1.54, 1.807) is 0 Å². The van der Waals surface area contributed by atoms with E-state index in [9.17, 15) is 0 Å². The van der Waals surface area contributed by atoms with Crippen LogP contribution in [0.25, 0.3) is 0 Å². The van der Waals surface area contributed by atoms with Crippen LogP contribution in [0.1, 0.15) is 19.4 Å². The van der Waals surface area contributed by atoms with E-state index < -0.39 is 0 Å². The fourth-order valence-corrected chi connectivity index (χ4v) is 2.56. The van der Waals surface area contributed by atoms with Crippen LogP contribution in [0, 0.1) is 5.92 Å². The zero-order chi connectivity index (χ0) is 17.5. The highest BCUT2D eigenvalue weighted by atomic mass is 15.2. The van der Waals surface area contributed by atoms with Gasteiger partial charge in [-0.25, -0.2) is 4.98 Å². The zero-order valence-corrected chi connectivity index (χ0v) is 14.8. The van der Waals surface area contributed by atoms with Crippen LogP contribution in [0.5, 0.6) is 0 Å². The van der Waals surface area contributed by atoms with Gasteiger partial charge < -0.3 is 10.2 Å². The number of aromatic nitrogens is 2. The number of para-hydroxylation sites is 1. The molecule has 4 nitrogen and oxygen atoms in total. The number of rotatable bonds is 7. The van der Waals surface area contributed by atoms with Gasteiger partial charge in [0.25, 0.3) is 0 Å². The van der Waals surface area contributed by atoms with Crippen LogP contribution >= 0.6 is 0 Å². The topological polar surface area (TPSA) is 41.1 Å². The third-order valence-electron chi connectivity index (χ3n) is 3.84. The summed E-state index contributed by atoms with van der Waals surface area (Å²) >= 11 is 0. The van der Waals surface area contributed by atoms with Gasteiger partial charge in [-0.1, -0.05) is 62.4 Å². The van der Waals surface area contributed by atoms with Crippen LogP contribution in [0.2, 0.25) is 0 Å². The Kier molecular flexibility index (Phi) is 5.62. The van der Waals surface area contributed by atoms with Gasteiger partial charge in [-0.15, -0.1) is 0 Å². The van der Waals surface area contributed by atoms with Crippen LogP contribution in [0.3, 0.4) is 0 Å². The van der Waals surface area contributed by atoms with Crippen molar-refractivity contribution in [1.82, 2.24) is 9.97 Å². The summed E-state index contributed by atoms with van der Waals surface area (Å²) < 4.78 is 0. The molecule has 0 amide bonds. The first-order valence-corrected chi connectivity index (χ1v) is 8.66. The Morgan fingerprint density at radius 1 is 0.920 bits per heavy atom. The van der Waals surface area contributed by atoms with Gasteiger partial charge in [0.1, 0.15) is 5.82 Å². The minimum atomic E-state index is 0.543. The average molecular weight is 332 g/mol. The summed E-state index contributed by atoms with van der Waals surface area (Å²) in [6.45, 7) is 5.95. The Morgan fingerprint density at radius 2 is 1.60 bits per heavy atom. The highest BCUT2D eigenvalue weighted by molar-refractivity contribution is 5.60. The number of benzene rings is 2. The van der Waals surface area contributed by atoms with Crippen molar-refractivity contribution in [2.45, 2.75) is 20.4 Å². The second-order valence-electron chi connectivity index (χ2n) is 6.42. The van der Waals surface area contributed by atoms with E-state index in [1.807, 2.05) is 36.5 Å². The Morgan fingerprint density at radius 3 is 2.28 bits per heavy atom. The Hall–Kier alpha value is -2.88. The largest absolute Gasteiger partial charge is 0.354 e. The van der Waals surface area contributed by atoms with Crippen LogP contribution < -0.4 is 10.2 Å². The Bertz CT molecular complexity index is 772. The van der Waals surface area contributed by atoms with Crippen molar-refractivity contribution in [3.8, 4) is 0 Å². The van der Waals surface area contributed by atoms with E-state index in [-0.39, 0.29) is 0 Å². The quantitative estimate of drug-likeness (QED) is 0.669. The Labute approximate surface area is 149 Å². The van der Waals surface area contributed by atoms with Crippen LogP contribution in [0.4, 0.5) is 17.5 Å². The van der Waals surface area contributed by atoms with Gasteiger partial charge in [0.05, 0.1) is 0 Å². The molecule has 25 heavy (non-hydrogen) atoms. The number of hydrogen-bond acceptors (Lipinski definition) is 4. The smallest absolute Gasteiger partial charge is 0.224 e. The molecule has 3 aromatic rings. The molecule has 0 saturated heterocycles. The number of hydrogen-bond donors (Lipinski definition) is 1. The molecule has 0 aliphatic rings. The van der Waals surface area contributed by atoms with E-state index in [0.717, 1.165) is 24.6 Å². The highest BCUT2D eigenvalue weighted by Crippen LogP contribution is 2.26. The first-order valence-electron chi connectivity index (χ1n) is 8.66. The number of nitrogens with one attached hydrogen (secondary N) is 1. The third-order valence-corrected chi connectivity index (χ3v) is 3.84. The van der Waals surface area contributed by atoms with Crippen LogP contribution in [-0.4, -0.2) is 16.5 Å². The Balaban J connectivity index is 1.90. The van der Waals surface area contributed by atoms with Crippen molar-refractivity contribution in [3.05, 3.63) is 78.5 Å². The summed E-state index contributed by atoms with van der Waals surface area (Å²) in [7, 11) is 0. The van der Waals surface area contributed by atoms with Crippen molar-refractivity contribution in [2.24, 2.45) is 5.92 Å². The molecule has 0 saturated carbocycles. The van der Waals surface area contributed by atoms with E-state index in [1.165, 1.54) is 5.56 Å². The molecule has 0 fully saturated rings. The third kappa shape index (κ3) is 4.80. The summed E-state index contributed by atoms with van der Waals surface area (Å²) in [5.41, 5.74) is 2.35. The predicted molar refractivity (Wildman–Crippen MR) is 104 cm³/mol. The van der Waals surface area contributed by atoms with Crippen molar-refractivity contribution in [2.75, 3.05) is 16.8 Å². The summed E-state index contributed by atoms with van der Waals surface area (Å²) in [5, 5.41) is 3.31. The maximum atomic E-state index is 4.72. The number of nitrogens with zero attached hydrogens (tertiary/aromatic N) is 3. The lowest BCUT2D eigenvalue weighted by atomic mass is 10.2. The zero-order valence-electron chi connectivity index (χ0n) is 14.8. The summed E-state index contributed by atoms with van der Waals surface area (Å²) in [6, 6.07) is 22.7. The van der Waals surface area contributed by atoms with Gasteiger partial charge in [-0.3, -0.25) is 0 Å². The fourth-order valence-electron chi connectivity index (χ4n) is 2.56. The molecule has 0 radical (unpaired) electrons. The molecular formula is C21H24N4. The van der Waals surface area contributed by atoms with E-state index in [0.29, 0.717) is 11.9 Å². The minimum absolute atomic E-state index is 0.543. The van der Waals surface area contributed by atoms with E-state index in [2.05, 4.69) is 65.4 Å². The molecule has 4 heteroatoms. The molecule has 1 aromatic heterocycles. The summed E-state index contributed by atoms with van der Waals surface area (Å²) in [4.78, 5) is 11.3. The standard InChI is InChI=1S/C21H24N4/c1-17(2)15-23-21-22-14-13-20(24-21)25(19-11-7-4-8-12-19)16-18-9-5-3-6-10-18/h3-14,17H,15-16H2,1-2H3,(H,22,23,24). The number of anilines is 3. The van der Waals surface area contributed by atoms with Gasteiger partial charge in [0.2, 0.25) is 5.95 Å². The molecule has 0 bridgehead atoms. The lowest BCUT2D eigenvalue weighted by molar-refractivity contribution is 0.684. The lowest BCUT2D eigenvalue weighted by Gasteiger charge is -2.24. The predicted octanol–water partition coefficient (Wildman–Crippen LogP) is 4.88. The van der Waals surface area contributed by atoms with Crippen LogP contribution in [-0.2, 0) is 6.54 Å². The molecular weight excluding hydrogens is 308 g/mol. The summed E-state index contributed by atoms with van der Waals surface area (Å²) in [5.74, 6) is 2.10. The average Bonchev–Trinajstić information content (AvgIpc) is 2.66. The van der Waals surface area contributed by atoms with Gasteiger partial charge in [-0.05, 0) is 29.7 Å². The molecule has 0 spiro atoms. The maximum absolute atomic E-state index is 4.72. The van der Waals surface area contributed by atoms with Crippen molar-refractivity contribution >= 4 is 17.5 Å².